The average Bonchev–Trinajstić information content (AvgIpc) is 3.43. The number of hydrogen-bond acceptors (Lipinski definition) is 4. The molecule has 0 atom stereocenters. The van der Waals surface area contributed by atoms with Gasteiger partial charge in [0.25, 0.3) is 0 Å². The van der Waals surface area contributed by atoms with E-state index in [0.717, 1.165) is 72.5 Å². The lowest BCUT2D eigenvalue weighted by Crippen LogP contribution is -1.98. The van der Waals surface area contributed by atoms with Gasteiger partial charge in [-0.25, -0.2) is 9.97 Å². The maximum Gasteiger partial charge on any atom is 0.137 e. The second-order valence-electron chi connectivity index (χ2n) is 10.6. The lowest BCUT2D eigenvalue weighted by atomic mass is 9.99. The molecule has 0 unspecified atom stereocenters. The van der Waals surface area contributed by atoms with Gasteiger partial charge in [-0.15, -0.1) is 0 Å². The van der Waals surface area contributed by atoms with Gasteiger partial charge in [-0.1, -0.05) is 72.3 Å². The first kappa shape index (κ1) is 26.0. The summed E-state index contributed by atoms with van der Waals surface area (Å²) in [6.07, 6.45) is 7.31. The van der Waals surface area contributed by atoms with E-state index in [1.807, 2.05) is 73.1 Å². The molecule has 5 nitrogen and oxygen atoms in total. The topological polar surface area (TPSA) is 56.5 Å². The van der Waals surface area contributed by atoms with Crippen LogP contribution in [0.5, 0.6) is 0 Å². The molecule has 3 aromatic carbocycles. The molecule has 0 spiro atoms. The molecular formula is C38H24ClN5. The normalized spacial score (nSPS) is 11.3. The number of halogens is 1. The first-order valence-electron chi connectivity index (χ1n) is 14.3. The summed E-state index contributed by atoms with van der Waals surface area (Å²) in [7, 11) is 0. The van der Waals surface area contributed by atoms with Gasteiger partial charge in [0.1, 0.15) is 5.82 Å². The molecule has 208 valence electrons. The van der Waals surface area contributed by atoms with Gasteiger partial charge >= 0.3 is 0 Å². The average molecular weight is 586 g/mol. The SMILES string of the molecule is Clc1cc(-c2ccccc2)ccc1-c1cc(-c2ccc(-n3c4ccccc4c4ncccc43)nc2)cc(-c2ccncc2)n1. The monoisotopic (exact) mass is 585 g/mol. The molecule has 44 heavy (non-hydrogen) atoms. The van der Waals surface area contributed by atoms with Crippen molar-refractivity contribution >= 4 is 33.5 Å². The van der Waals surface area contributed by atoms with E-state index in [1.165, 1.54) is 0 Å². The fraction of sp³-hybridized carbons (Fsp3) is 0. The molecule has 0 N–H and O–H groups in total. The number of hydrogen-bond donors (Lipinski definition) is 0. The minimum Gasteiger partial charge on any atom is -0.292 e. The van der Waals surface area contributed by atoms with E-state index in [4.69, 9.17) is 21.6 Å². The van der Waals surface area contributed by atoms with Crippen LogP contribution in [-0.4, -0.2) is 24.5 Å². The summed E-state index contributed by atoms with van der Waals surface area (Å²) in [5.74, 6) is 0.830. The lowest BCUT2D eigenvalue weighted by Gasteiger charge is -2.13. The fourth-order valence-electron chi connectivity index (χ4n) is 5.76. The van der Waals surface area contributed by atoms with E-state index in [0.29, 0.717) is 5.02 Å². The van der Waals surface area contributed by atoms with Gasteiger partial charge in [-0.2, -0.15) is 0 Å². The second-order valence-corrected chi connectivity index (χ2v) is 11.0. The Kier molecular flexibility index (Phi) is 6.43. The highest BCUT2D eigenvalue weighted by Gasteiger charge is 2.15. The highest BCUT2D eigenvalue weighted by Crippen LogP contribution is 2.36. The van der Waals surface area contributed by atoms with Crippen molar-refractivity contribution < 1.29 is 0 Å². The van der Waals surface area contributed by atoms with Crippen molar-refractivity contribution in [1.82, 2.24) is 24.5 Å². The highest BCUT2D eigenvalue weighted by atomic mass is 35.5. The Balaban J connectivity index is 1.24. The fourth-order valence-corrected chi connectivity index (χ4v) is 6.04. The molecule has 0 bridgehead atoms. The third-order valence-corrected chi connectivity index (χ3v) is 8.20. The summed E-state index contributed by atoms with van der Waals surface area (Å²) in [6.45, 7) is 0. The van der Waals surface area contributed by atoms with Crippen molar-refractivity contribution in [2.75, 3.05) is 0 Å². The maximum absolute atomic E-state index is 6.91. The molecule has 0 radical (unpaired) electrons. The minimum absolute atomic E-state index is 0.644. The predicted octanol–water partition coefficient (Wildman–Crippen LogP) is 9.69. The van der Waals surface area contributed by atoms with Crippen molar-refractivity contribution in [1.29, 1.82) is 0 Å². The molecule has 0 saturated heterocycles. The van der Waals surface area contributed by atoms with E-state index >= 15 is 0 Å². The van der Waals surface area contributed by atoms with Gasteiger partial charge < -0.3 is 0 Å². The number of rotatable bonds is 5. The Labute approximate surface area is 259 Å². The zero-order valence-electron chi connectivity index (χ0n) is 23.5. The Hall–Kier alpha value is -5.65. The van der Waals surface area contributed by atoms with Crippen LogP contribution in [0, 0.1) is 0 Å². The van der Waals surface area contributed by atoms with E-state index < -0.39 is 0 Å². The van der Waals surface area contributed by atoms with Crippen LogP contribution in [0.15, 0.2) is 146 Å². The Morgan fingerprint density at radius 1 is 0.523 bits per heavy atom. The van der Waals surface area contributed by atoms with Crippen molar-refractivity contribution in [2.45, 2.75) is 0 Å². The molecule has 0 aliphatic rings. The van der Waals surface area contributed by atoms with Crippen molar-refractivity contribution in [2.24, 2.45) is 0 Å². The van der Waals surface area contributed by atoms with E-state index in [-0.39, 0.29) is 0 Å². The maximum atomic E-state index is 6.91. The van der Waals surface area contributed by atoms with Crippen LogP contribution < -0.4 is 0 Å². The highest BCUT2D eigenvalue weighted by molar-refractivity contribution is 6.33. The lowest BCUT2D eigenvalue weighted by molar-refractivity contribution is 1.08. The predicted molar refractivity (Wildman–Crippen MR) is 179 cm³/mol. The summed E-state index contributed by atoms with van der Waals surface area (Å²) >= 11 is 6.91. The minimum atomic E-state index is 0.644. The van der Waals surface area contributed by atoms with E-state index in [9.17, 15) is 0 Å². The smallest absolute Gasteiger partial charge is 0.137 e. The van der Waals surface area contributed by atoms with Crippen LogP contribution in [0.4, 0.5) is 0 Å². The quantitative estimate of drug-likeness (QED) is 0.202. The number of fused-ring (bicyclic) bond motifs is 3. The first-order chi connectivity index (χ1) is 21.7. The molecule has 0 aliphatic carbocycles. The molecule has 0 saturated carbocycles. The van der Waals surface area contributed by atoms with Gasteiger partial charge in [-0.3, -0.25) is 14.5 Å². The van der Waals surface area contributed by atoms with E-state index in [1.54, 1.807) is 12.4 Å². The third-order valence-electron chi connectivity index (χ3n) is 7.89. The summed E-state index contributed by atoms with van der Waals surface area (Å²) in [5.41, 5.74) is 10.7. The van der Waals surface area contributed by atoms with Gasteiger partial charge in [0.05, 0.1) is 33.0 Å². The first-order valence-corrected chi connectivity index (χ1v) is 14.7. The number of nitrogens with zero attached hydrogens (tertiary/aromatic N) is 5. The van der Waals surface area contributed by atoms with Crippen LogP contribution in [0.2, 0.25) is 5.02 Å². The molecule has 5 heterocycles. The molecule has 0 fully saturated rings. The molecule has 8 rings (SSSR count). The molecule has 6 heteroatoms. The molecule has 8 aromatic rings. The number of benzene rings is 3. The van der Waals surface area contributed by atoms with Crippen LogP contribution in [0.1, 0.15) is 0 Å². The van der Waals surface area contributed by atoms with Crippen LogP contribution in [0.3, 0.4) is 0 Å². The molecule has 0 aliphatic heterocycles. The Bertz CT molecular complexity index is 2220. The molecule has 5 aromatic heterocycles. The summed E-state index contributed by atoms with van der Waals surface area (Å²) in [5, 5.41) is 1.75. The van der Waals surface area contributed by atoms with Crippen LogP contribution in [0.25, 0.3) is 72.5 Å². The van der Waals surface area contributed by atoms with Gasteiger partial charge in [0.15, 0.2) is 0 Å². The largest absolute Gasteiger partial charge is 0.292 e. The van der Waals surface area contributed by atoms with Crippen molar-refractivity contribution in [3.63, 3.8) is 0 Å². The van der Waals surface area contributed by atoms with Gasteiger partial charge in [0, 0.05) is 46.9 Å². The summed E-state index contributed by atoms with van der Waals surface area (Å²) in [4.78, 5) is 18.8. The van der Waals surface area contributed by atoms with Crippen molar-refractivity contribution in [3.05, 3.63) is 151 Å². The van der Waals surface area contributed by atoms with Crippen molar-refractivity contribution in [3.8, 4) is 50.6 Å². The Morgan fingerprint density at radius 2 is 1.30 bits per heavy atom. The van der Waals surface area contributed by atoms with Gasteiger partial charge in [0.2, 0.25) is 0 Å². The number of para-hydroxylation sites is 1. The second kappa shape index (κ2) is 10.9. The Morgan fingerprint density at radius 3 is 2.11 bits per heavy atom. The number of aromatic nitrogens is 5. The molecule has 0 amide bonds. The van der Waals surface area contributed by atoms with Crippen LogP contribution >= 0.6 is 11.6 Å². The van der Waals surface area contributed by atoms with E-state index in [2.05, 4.69) is 75.2 Å². The van der Waals surface area contributed by atoms with Crippen LogP contribution in [-0.2, 0) is 0 Å². The zero-order valence-corrected chi connectivity index (χ0v) is 24.2. The third kappa shape index (κ3) is 4.60. The zero-order chi connectivity index (χ0) is 29.5. The number of pyridine rings is 4. The summed E-state index contributed by atoms with van der Waals surface area (Å²) in [6, 6.07) is 41.0. The standard InChI is InChI=1S/C38H24ClN5/c39-32-21-27(25-7-2-1-3-8-25)12-14-30(32)34-23-29(22-33(43-34)26-16-19-40-20-17-26)28-13-15-37(42-24-28)44-35-10-5-4-9-31(35)38-36(44)11-6-18-41-38/h1-24H. The van der Waals surface area contributed by atoms with Gasteiger partial charge in [-0.05, 0) is 77.4 Å². The summed E-state index contributed by atoms with van der Waals surface area (Å²) < 4.78 is 2.16. The molecular weight excluding hydrogens is 562 g/mol.